The van der Waals surface area contributed by atoms with Gasteiger partial charge in [0.25, 0.3) is 0 Å². The van der Waals surface area contributed by atoms with Gasteiger partial charge in [0.05, 0.1) is 25.4 Å². The second kappa shape index (κ2) is 5.26. The summed E-state index contributed by atoms with van der Waals surface area (Å²) in [6, 6.07) is 10.2. The standard InChI is InChI=1S/C12H17NO2/c14-8-11-12(6-7-13-11)15-9-10-4-2-1-3-5-10/h1-5,11-14H,6-9H2. The average molecular weight is 207 g/mol. The van der Waals surface area contributed by atoms with Gasteiger partial charge in [-0.05, 0) is 18.5 Å². The highest BCUT2D eigenvalue weighted by molar-refractivity contribution is 5.13. The maximum absolute atomic E-state index is 9.09. The van der Waals surface area contributed by atoms with E-state index >= 15 is 0 Å². The number of hydrogen-bond donors (Lipinski definition) is 2. The van der Waals surface area contributed by atoms with Crippen LogP contribution < -0.4 is 5.32 Å². The highest BCUT2D eigenvalue weighted by Gasteiger charge is 2.26. The number of aliphatic hydroxyl groups is 1. The summed E-state index contributed by atoms with van der Waals surface area (Å²) in [5, 5.41) is 12.3. The molecular weight excluding hydrogens is 190 g/mol. The monoisotopic (exact) mass is 207 g/mol. The molecule has 1 fully saturated rings. The van der Waals surface area contributed by atoms with Crippen LogP contribution in [0, 0.1) is 0 Å². The molecule has 0 aromatic heterocycles. The molecule has 0 spiro atoms. The SMILES string of the molecule is OCC1NCCC1OCc1ccccc1. The molecule has 1 aromatic rings. The van der Waals surface area contributed by atoms with Crippen molar-refractivity contribution in [1.82, 2.24) is 5.32 Å². The van der Waals surface area contributed by atoms with Crippen LogP contribution in [0.2, 0.25) is 0 Å². The molecule has 3 heteroatoms. The quantitative estimate of drug-likeness (QED) is 0.771. The van der Waals surface area contributed by atoms with Gasteiger partial charge in [-0.25, -0.2) is 0 Å². The summed E-state index contributed by atoms with van der Waals surface area (Å²) < 4.78 is 5.77. The van der Waals surface area contributed by atoms with Crippen molar-refractivity contribution in [3.63, 3.8) is 0 Å². The molecule has 0 radical (unpaired) electrons. The number of nitrogens with one attached hydrogen (secondary N) is 1. The van der Waals surface area contributed by atoms with Crippen molar-refractivity contribution in [2.24, 2.45) is 0 Å². The topological polar surface area (TPSA) is 41.5 Å². The van der Waals surface area contributed by atoms with Crippen molar-refractivity contribution >= 4 is 0 Å². The molecule has 1 heterocycles. The fraction of sp³-hybridized carbons (Fsp3) is 0.500. The van der Waals surface area contributed by atoms with Gasteiger partial charge in [0, 0.05) is 0 Å². The Labute approximate surface area is 90.1 Å². The Morgan fingerprint density at radius 3 is 2.87 bits per heavy atom. The lowest BCUT2D eigenvalue weighted by molar-refractivity contribution is 0.0199. The molecule has 2 atom stereocenters. The summed E-state index contributed by atoms with van der Waals surface area (Å²) in [5.74, 6) is 0. The maximum Gasteiger partial charge on any atom is 0.0767 e. The number of benzene rings is 1. The Hall–Kier alpha value is -0.900. The van der Waals surface area contributed by atoms with Gasteiger partial charge in [-0.15, -0.1) is 0 Å². The van der Waals surface area contributed by atoms with Gasteiger partial charge in [-0.2, -0.15) is 0 Å². The highest BCUT2D eigenvalue weighted by Crippen LogP contribution is 2.13. The first-order chi connectivity index (χ1) is 7.40. The van der Waals surface area contributed by atoms with Gasteiger partial charge in [0.15, 0.2) is 0 Å². The van der Waals surface area contributed by atoms with E-state index < -0.39 is 0 Å². The predicted octanol–water partition coefficient (Wildman–Crippen LogP) is 0.926. The minimum Gasteiger partial charge on any atom is -0.395 e. The maximum atomic E-state index is 9.09. The molecule has 0 aliphatic carbocycles. The zero-order chi connectivity index (χ0) is 10.5. The zero-order valence-corrected chi connectivity index (χ0v) is 8.73. The van der Waals surface area contributed by atoms with Crippen LogP contribution in [0.25, 0.3) is 0 Å². The third-order valence-electron chi connectivity index (χ3n) is 2.79. The second-order valence-corrected chi connectivity index (χ2v) is 3.87. The van der Waals surface area contributed by atoms with Crippen molar-refractivity contribution in [2.45, 2.75) is 25.2 Å². The summed E-state index contributed by atoms with van der Waals surface area (Å²) in [6.45, 7) is 1.72. The first-order valence-electron chi connectivity index (χ1n) is 5.40. The third kappa shape index (κ3) is 2.78. The van der Waals surface area contributed by atoms with Gasteiger partial charge >= 0.3 is 0 Å². The summed E-state index contributed by atoms with van der Waals surface area (Å²) in [7, 11) is 0. The Morgan fingerprint density at radius 2 is 2.13 bits per heavy atom. The van der Waals surface area contributed by atoms with Crippen LogP contribution in [0.5, 0.6) is 0 Å². The summed E-state index contributed by atoms with van der Waals surface area (Å²) >= 11 is 0. The van der Waals surface area contributed by atoms with Crippen LogP contribution in [-0.4, -0.2) is 30.4 Å². The lowest BCUT2D eigenvalue weighted by atomic mass is 10.2. The first-order valence-corrected chi connectivity index (χ1v) is 5.40. The van der Waals surface area contributed by atoms with E-state index in [1.165, 1.54) is 5.56 Å². The van der Waals surface area contributed by atoms with Crippen LogP contribution in [0.4, 0.5) is 0 Å². The average Bonchev–Trinajstić information content (AvgIpc) is 2.75. The molecule has 3 nitrogen and oxygen atoms in total. The van der Waals surface area contributed by atoms with E-state index in [-0.39, 0.29) is 18.8 Å². The van der Waals surface area contributed by atoms with Crippen LogP contribution in [0.3, 0.4) is 0 Å². The van der Waals surface area contributed by atoms with E-state index in [9.17, 15) is 0 Å². The normalized spacial score (nSPS) is 25.7. The Kier molecular flexibility index (Phi) is 3.72. The number of hydrogen-bond acceptors (Lipinski definition) is 3. The second-order valence-electron chi connectivity index (χ2n) is 3.87. The largest absolute Gasteiger partial charge is 0.395 e. The van der Waals surface area contributed by atoms with Crippen molar-refractivity contribution in [1.29, 1.82) is 0 Å². The molecule has 0 bridgehead atoms. The van der Waals surface area contributed by atoms with Crippen LogP contribution >= 0.6 is 0 Å². The lowest BCUT2D eigenvalue weighted by Crippen LogP contribution is -2.35. The summed E-state index contributed by atoms with van der Waals surface area (Å²) in [4.78, 5) is 0. The summed E-state index contributed by atoms with van der Waals surface area (Å²) in [5.41, 5.74) is 1.18. The minimum atomic E-state index is 0.105. The van der Waals surface area contributed by atoms with E-state index in [0.717, 1.165) is 13.0 Å². The van der Waals surface area contributed by atoms with Gasteiger partial charge in [0.1, 0.15) is 0 Å². The zero-order valence-electron chi connectivity index (χ0n) is 8.73. The number of aliphatic hydroxyl groups excluding tert-OH is 1. The smallest absolute Gasteiger partial charge is 0.0767 e. The molecule has 82 valence electrons. The van der Waals surface area contributed by atoms with E-state index in [1.54, 1.807) is 0 Å². The van der Waals surface area contributed by atoms with Gasteiger partial charge < -0.3 is 15.2 Å². The van der Waals surface area contributed by atoms with Crippen LogP contribution in [-0.2, 0) is 11.3 Å². The minimum absolute atomic E-state index is 0.105. The van der Waals surface area contributed by atoms with E-state index in [0.29, 0.717) is 6.61 Å². The third-order valence-corrected chi connectivity index (χ3v) is 2.79. The van der Waals surface area contributed by atoms with Crippen molar-refractivity contribution in [3.05, 3.63) is 35.9 Å². The lowest BCUT2D eigenvalue weighted by Gasteiger charge is -2.17. The fourth-order valence-electron chi connectivity index (χ4n) is 1.90. The van der Waals surface area contributed by atoms with E-state index in [4.69, 9.17) is 9.84 Å². The molecule has 1 aliphatic heterocycles. The molecule has 0 amide bonds. The molecule has 15 heavy (non-hydrogen) atoms. The first kappa shape index (κ1) is 10.6. The predicted molar refractivity (Wildman–Crippen MR) is 58.5 cm³/mol. The molecule has 1 aliphatic rings. The molecule has 1 saturated heterocycles. The van der Waals surface area contributed by atoms with Crippen LogP contribution in [0.1, 0.15) is 12.0 Å². The Bertz CT molecular complexity index is 289. The van der Waals surface area contributed by atoms with E-state index in [2.05, 4.69) is 17.4 Å². The molecule has 2 unspecified atom stereocenters. The molecule has 2 N–H and O–H groups in total. The van der Waals surface area contributed by atoms with Crippen molar-refractivity contribution in [3.8, 4) is 0 Å². The van der Waals surface area contributed by atoms with Gasteiger partial charge in [-0.3, -0.25) is 0 Å². The molecule has 0 saturated carbocycles. The van der Waals surface area contributed by atoms with E-state index in [1.807, 2.05) is 18.2 Å². The highest BCUT2D eigenvalue weighted by atomic mass is 16.5. The van der Waals surface area contributed by atoms with Gasteiger partial charge in [-0.1, -0.05) is 30.3 Å². The van der Waals surface area contributed by atoms with Crippen molar-refractivity contribution < 1.29 is 9.84 Å². The van der Waals surface area contributed by atoms with Gasteiger partial charge in [0.2, 0.25) is 0 Å². The van der Waals surface area contributed by atoms with Crippen molar-refractivity contribution in [2.75, 3.05) is 13.2 Å². The Balaban J connectivity index is 1.83. The number of rotatable bonds is 4. The molecule has 2 rings (SSSR count). The fourth-order valence-corrected chi connectivity index (χ4v) is 1.90. The number of ether oxygens (including phenoxy) is 1. The molecule has 1 aromatic carbocycles. The molecular formula is C12H17NO2. The summed E-state index contributed by atoms with van der Waals surface area (Å²) in [6.07, 6.45) is 1.13. The Morgan fingerprint density at radius 1 is 1.33 bits per heavy atom. The van der Waals surface area contributed by atoms with Crippen LogP contribution in [0.15, 0.2) is 30.3 Å².